The Morgan fingerprint density at radius 3 is 2.57 bits per heavy atom. The molecule has 1 aromatic heterocycles. The van der Waals surface area contributed by atoms with Gasteiger partial charge in [0, 0.05) is 4.88 Å². The number of rotatable bonds is 4. The minimum absolute atomic E-state index is 0.119. The molecule has 0 aliphatic rings. The van der Waals surface area contributed by atoms with Crippen molar-refractivity contribution in [2.45, 2.75) is 9.96 Å². The third-order valence-electron chi connectivity index (χ3n) is 1.31. The fourth-order valence-corrected chi connectivity index (χ4v) is 3.43. The Kier molecular flexibility index (Phi) is 3.61. The molecule has 0 fully saturated rings. The fraction of sp³-hybridized carbons (Fsp3) is 0.200. The Balaban J connectivity index is 3.00. The van der Waals surface area contributed by atoms with E-state index in [4.69, 9.17) is 5.21 Å². The quantitative estimate of drug-likeness (QED) is 0.500. The Labute approximate surface area is 86.2 Å². The van der Waals surface area contributed by atoms with Crippen molar-refractivity contribution >= 4 is 32.1 Å². The molecule has 1 heterocycles. The third kappa shape index (κ3) is 2.75. The first kappa shape index (κ1) is 11.6. The van der Waals surface area contributed by atoms with E-state index in [1.165, 1.54) is 12.1 Å². The summed E-state index contributed by atoms with van der Waals surface area (Å²) in [5, 5.41) is 8.29. The highest BCUT2D eigenvalue weighted by atomic mass is 32.2. The van der Waals surface area contributed by atoms with Gasteiger partial charge in [-0.3, -0.25) is 0 Å². The first-order chi connectivity index (χ1) is 6.45. The molecule has 0 aromatic carbocycles. The van der Waals surface area contributed by atoms with Crippen molar-refractivity contribution in [1.82, 2.24) is 4.89 Å². The van der Waals surface area contributed by atoms with Crippen LogP contribution in [0.1, 0.15) is 4.88 Å². The van der Waals surface area contributed by atoms with E-state index < -0.39 is 20.7 Å². The maximum atomic E-state index is 11.0. The Hall–Kier alpha value is -0.480. The van der Waals surface area contributed by atoms with E-state index in [0.29, 0.717) is 4.88 Å². The maximum absolute atomic E-state index is 11.0. The van der Waals surface area contributed by atoms with Crippen molar-refractivity contribution < 1.29 is 22.0 Å². The van der Waals surface area contributed by atoms with E-state index in [0.717, 1.165) is 16.2 Å². The van der Waals surface area contributed by atoms with Gasteiger partial charge >= 0.3 is 0 Å². The summed E-state index contributed by atoms with van der Waals surface area (Å²) in [4.78, 5) is 1.57. The number of thiol groups is 1. The van der Waals surface area contributed by atoms with Gasteiger partial charge in [-0.05, 0) is 12.1 Å². The molecule has 0 amide bonds. The Morgan fingerprint density at radius 1 is 1.43 bits per heavy atom. The minimum atomic E-state index is -3.89. The van der Waals surface area contributed by atoms with Crippen molar-refractivity contribution in [2.24, 2.45) is 0 Å². The van der Waals surface area contributed by atoms with Gasteiger partial charge in [-0.25, -0.2) is 16.8 Å². The number of sulfonamides is 1. The van der Waals surface area contributed by atoms with Crippen LogP contribution in [0.25, 0.3) is 0 Å². The molecule has 1 rings (SSSR count). The van der Waals surface area contributed by atoms with Gasteiger partial charge in [-0.15, -0.1) is 11.3 Å². The largest absolute Gasteiger partial charge is 0.302 e. The summed E-state index contributed by atoms with van der Waals surface area (Å²) in [6.07, 6.45) is 0. The predicted molar refractivity (Wildman–Crippen MR) is 50.4 cm³/mol. The Bertz CT molecular complexity index is 477. The average molecular weight is 257 g/mol. The highest BCUT2D eigenvalue weighted by Gasteiger charge is 2.15. The monoisotopic (exact) mass is 257 g/mol. The molecule has 0 aliphatic heterocycles. The Morgan fingerprint density at radius 2 is 2.07 bits per heavy atom. The molecule has 0 saturated carbocycles. The van der Waals surface area contributed by atoms with Crippen LogP contribution in [0, 0.1) is 0 Å². The van der Waals surface area contributed by atoms with Gasteiger partial charge in [0.1, 0.15) is 14.9 Å². The van der Waals surface area contributed by atoms with Crippen LogP contribution in [-0.4, -0.2) is 22.0 Å². The standard InChI is InChI=1S/C5H7NO5S3/c7-6-14(10,11)5-2-1-4(12-5)3-13(8)9/h1-2,6-7,13H,3H2. The summed E-state index contributed by atoms with van der Waals surface area (Å²) in [6.45, 7) is 0. The summed E-state index contributed by atoms with van der Waals surface area (Å²) >= 11 is 0.798. The average Bonchev–Trinajstić information content (AvgIpc) is 2.52. The molecule has 1 aromatic rings. The molecule has 6 nitrogen and oxygen atoms in total. The van der Waals surface area contributed by atoms with Crippen LogP contribution in [0.15, 0.2) is 16.3 Å². The summed E-state index contributed by atoms with van der Waals surface area (Å²) in [5.41, 5.74) is 0. The number of nitrogens with one attached hydrogen (secondary N) is 1. The molecule has 0 saturated heterocycles. The van der Waals surface area contributed by atoms with Gasteiger partial charge in [-0.2, -0.15) is 0 Å². The number of hydrogen-bond acceptors (Lipinski definition) is 6. The van der Waals surface area contributed by atoms with E-state index in [-0.39, 0.29) is 9.96 Å². The lowest BCUT2D eigenvalue weighted by molar-refractivity contribution is 0.243. The lowest BCUT2D eigenvalue weighted by atomic mass is 10.5. The van der Waals surface area contributed by atoms with Crippen molar-refractivity contribution in [3.63, 3.8) is 0 Å². The molecule has 0 aliphatic carbocycles. The van der Waals surface area contributed by atoms with E-state index in [9.17, 15) is 16.8 Å². The van der Waals surface area contributed by atoms with Crippen molar-refractivity contribution in [1.29, 1.82) is 0 Å². The predicted octanol–water partition coefficient (Wildman–Crippen LogP) is -0.473. The van der Waals surface area contributed by atoms with E-state index in [1.54, 1.807) is 0 Å². The molecular weight excluding hydrogens is 250 g/mol. The van der Waals surface area contributed by atoms with E-state index >= 15 is 0 Å². The molecule has 0 radical (unpaired) electrons. The molecule has 0 spiro atoms. The van der Waals surface area contributed by atoms with Gasteiger partial charge in [0.15, 0.2) is 0 Å². The second-order valence-electron chi connectivity index (χ2n) is 2.31. The van der Waals surface area contributed by atoms with Gasteiger partial charge in [0.05, 0.1) is 5.75 Å². The number of thiophene rings is 1. The van der Waals surface area contributed by atoms with Gasteiger partial charge < -0.3 is 5.21 Å². The second-order valence-corrected chi connectivity index (χ2v) is 6.34. The minimum Gasteiger partial charge on any atom is -0.302 e. The third-order valence-corrected chi connectivity index (χ3v) is 4.81. The topological polar surface area (TPSA) is 101 Å². The van der Waals surface area contributed by atoms with Gasteiger partial charge in [0.25, 0.3) is 10.0 Å². The van der Waals surface area contributed by atoms with Crippen LogP contribution in [0.5, 0.6) is 0 Å². The molecule has 0 unspecified atom stereocenters. The molecule has 0 atom stereocenters. The maximum Gasteiger partial charge on any atom is 0.271 e. The lowest BCUT2D eigenvalue weighted by Crippen LogP contribution is -2.17. The highest BCUT2D eigenvalue weighted by Crippen LogP contribution is 2.21. The second kappa shape index (κ2) is 4.36. The first-order valence-corrected chi connectivity index (χ1v) is 6.98. The molecular formula is C5H7NO5S3. The van der Waals surface area contributed by atoms with Crippen molar-refractivity contribution in [2.75, 3.05) is 0 Å². The highest BCUT2D eigenvalue weighted by molar-refractivity contribution is 7.91. The SMILES string of the molecule is O=[SH](=O)Cc1ccc(S(=O)(=O)NO)s1. The molecule has 9 heteroatoms. The summed E-state index contributed by atoms with van der Waals surface area (Å²) < 4.78 is 42.5. The zero-order chi connectivity index (χ0) is 10.8. The zero-order valence-electron chi connectivity index (χ0n) is 6.71. The summed E-state index contributed by atoms with van der Waals surface area (Å²) in [7, 11) is -6.46. The van der Waals surface area contributed by atoms with Crippen LogP contribution >= 0.6 is 11.3 Å². The molecule has 80 valence electrons. The zero-order valence-corrected chi connectivity index (χ0v) is 9.23. The van der Waals surface area contributed by atoms with Crippen LogP contribution in [-0.2, 0) is 26.5 Å². The van der Waals surface area contributed by atoms with Gasteiger partial charge in [-0.1, -0.05) is 4.89 Å². The van der Waals surface area contributed by atoms with E-state index in [1.807, 2.05) is 0 Å². The van der Waals surface area contributed by atoms with Crippen LogP contribution in [0.3, 0.4) is 0 Å². The van der Waals surface area contributed by atoms with Crippen LogP contribution in [0.4, 0.5) is 0 Å². The summed E-state index contributed by atoms with van der Waals surface area (Å²) in [6, 6.07) is 2.62. The van der Waals surface area contributed by atoms with Crippen LogP contribution in [0.2, 0.25) is 0 Å². The smallest absolute Gasteiger partial charge is 0.271 e. The van der Waals surface area contributed by atoms with E-state index in [2.05, 4.69) is 0 Å². The van der Waals surface area contributed by atoms with Crippen molar-refractivity contribution in [3.05, 3.63) is 17.0 Å². The number of hydrogen-bond donors (Lipinski definition) is 3. The fourth-order valence-electron chi connectivity index (χ4n) is 0.760. The molecule has 2 N–H and O–H groups in total. The van der Waals surface area contributed by atoms with Crippen molar-refractivity contribution in [3.8, 4) is 0 Å². The lowest BCUT2D eigenvalue weighted by Gasteiger charge is -1.94. The van der Waals surface area contributed by atoms with Crippen LogP contribution < -0.4 is 4.89 Å². The summed E-state index contributed by atoms with van der Waals surface area (Å²) in [5.74, 6) is -0.194. The molecule has 14 heavy (non-hydrogen) atoms. The molecule has 0 bridgehead atoms. The normalized spacial score (nSPS) is 12.1. The first-order valence-electron chi connectivity index (χ1n) is 3.32. The van der Waals surface area contributed by atoms with Gasteiger partial charge in [0.2, 0.25) is 0 Å².